The summed E-state index contributed by atoms with van der Waals surface area (Å²) in [7, 11) is 0. The highest BCUT2D eigenvalue weighted by atomic mass is 32.1. The molecule has 0 aliphatic rings. The van der Waals surface area contributed by atoms with Crippen molar-refractivity contribution in [3.05, 3.63) is 58.4 Å². The van der Waals surface area contributed by atoms with Crippen LogP contribution in [0.5, 0.6) is 5.75 Å². The molecule has 0 saturated heterocycles. The number of pyridine rings is 1. The third-order valence-electron chi connectivity index (χ3n) is 2.98. The summed E-state index contributed by atoms with van der Waals surface area (Å²) in [6.07, 6.45) is 1.74. The molecule has 0 bridgehead atoms. The Kier molecular flexibility index (Phi) is 3.48. The van der Waals surface area contributed by atoms with Crippen molar-refractivity contribution in [1.29, 1.82) is 0 Å². The number of carbonyl (C=O) groups excluding carboxylic acids is 1. The maximum atomic E-state index is 12.0. The van der Waals surface area contributed by atoms with Crippen LogP contribution < -0.4 is 4.74 Å². The van der Waals surface area contributed by atoms with Crippen LogP contribution in [0.4, 0.5) is 0 Å². The summed E-state index contributed by atoms with van der Waals surface area (Å²) in [6.45, 7) is 2.03. The van der Waals surface area contributed by atoms with Gasteiger partial charge in [-0.1, -0.05) is 6.07 Å². The van der Waals surface area contributed by atoms with E-state index in [2.05, 4.69) is 4.98 Å². The van der Waals surface area contributed by atoms with Gasteiger partial charge in [-0.2, -0.15) is 0 Å². The first kappa shape index (κ1) is 12.8. The van der Waals surface area contributed by atoms with E-state index in [0.717, 1.165) is 20.7 Å². The van der Waals surface area contributed by atoms with E-state index in [1.54, 1.807) is 6.20 Å². The van der Waals surface area contributed by atoms with Crippen molar-refractivity contribution in [2.75, 3.05) is 6.61 Å². The van der Waals surface area contributed by atoms with Crippen LogP contribution in [0.1, 0.15) is 14.5 Å². The molecular weight excluding hydrogens is 270 g/mol. The summed E-state index contributed by atoms with van der Waals surface area (Å²) >= 11 is 1.49. The lowest BCUT2D eigenvalue weighted by Gasteiger charge is -2.07. The molecule has 4 heteroatoms. The van der Waals surface area contributed by atoms with Gasteiger partial charge in [0.15, 0.2) is 6.61 Å². The number of rotatable bonds is 4. The number of hydrogen-bond donors (Lipinski definition) is 0. The average Bonchev–Trinajstić information content (AvgIpc) is 2.91. The van der Waals surface area contributed by atoms with Crippen LogP contribution in [0.15, 0.2) is 48.7 Å². The molecule has 20 heavy (non-hydrogen) atoms. The molecule has 0 atom stereocenters. The van der Waals surface area contributed by atoms with Crippen molar-refractivity contribution < 1.29 is 9.53 Å². The van der Waals surface area contributed by atoms with E-state index >= 15 is 0 Å². The predicted octanol–water partition coefficient (Wildman–Crippen LogP) is 3.87. The number of carbonyl (C=O) groups is 1. The SMILES string of the molecule is Cc1ccc(C(=O)COc2cccc3ncccc23)s1. The Morgan fingerprint density at radius 2 is 2.10 bits per heavy atom. The molecule has 0 aliphatic heterocycles. The Morgan fingerprint density at radius 1 is 1.20 bits per heavy atom. The molecule has 0 amide bonds. The quantitative estimate of drug-likeness (QED) is 0.682. The summed E-state index contributed by atoms with van der Waals surface area (Å²) in [4.78, 5) is 18.2. The molecule has 0 radical (unpaired) electrons. The first-order chi connectivity index (χ1) is 9.74. The van der Waals surface area contributed by atoms with Gasteiger partial charge in [-0.25, -0.2) is 0 Å². The third kappa shape index (κ3) is 2.56. The van der Waals surface area contributed by atoms with Crippen LogP contribution >= 0.6 is 11.3 Å². The molecular formula is C16H13NO2S. The van der Waals surface area contributed by atoms with Gasteiger partial charge in [0.05, 0.1) is 10.4 Å². The number of aromatic nitrogens is 1. The van der Waals surface area contributed by atoms with Crippen molar-refractivity contribution in [3.63, 3.8) is 0 Å². The fourth-order valence-corrected chi connectivity index (χ4v) is 2.79. The molecule has 3 aromatic rings. The van der Waals surface area contributed by atoms with Crippen molar-refractivity contribution in [3.8, 4) is 5.75 Å². The molecule has 3 rings (SSSR count). The number of benzene rings is 1. The first-order valence-corrected chi connectivity index (χ1v) is 7.12. The van der Waals surface area contributed by atoms with Gasteiger partial charge < -0.3 is 4.74 Å². The van der Waals surface area contributed by atoms with Crippen LogP contribution in [-0.4, -0.2) is 17.4 Å². The molecule has 0 N–H and O–H groups in total. The molecule has 3 nitrogen and oxygen atoms in total. The van der Waals surface area contributed by atoms with Crippen LogP contribution in [0.25, 0.3) is 10.9 Å². The Bertz CT molecular complexity index is 759. The van der Waals surface area contributed by atoms with Crippen LogP contribution in [0.3, 0.4) is 0 Å². The highest BCUT2D eigenvalue weighted by molar-refractivity contribution is 7.14. The molecule has 0 saturated carbocycles. The maximum Gasteiger partial charge on any atom is 0.210 e. The zero-order valence-electron chi connectivity index (χ0n) is 11.0. The molecule has 2 heterocycles. The first-order valence-electron chi connectivity index (χ1n) is 6.30. The van der Waals surface area contributed by atoms with Crippen molar-refractivity contribution in [1.82, 2.24) is 4.98 Å². The molecule has 0 spiro atoms. The lowest BCUT2D eigenvalue weighted by Crippen LogP contribution is -2.10. The second-order valence-electron chi connectivity index (χ2n) is 4.45. The van der Waals surface area contributed by atoms with E-state index in [4.69, 9.17) is 4.74 Å². The van der Waals surface area contributed by atoms with Gasteiger partial charge in [-0.3, -0.25) is 9.78 Å². The smallest absolute Gasteiger partial charge is 0.210 e. The lowest BCUT2D eigenvalue weighted by molar-refractivity contribution is 0.0926. The molecule has 2 aromatic heterocycles. The van der Waals surface area contributed by atoms with Gasteiger partial charge in [0.1, 0.15) is 5.75 Å². The second kappa shape index (κ2) is 5.43. The molecule has 1 aromatic carbocycles. The van der Waals surface area contributed by atoms with Gasteiger partial charge >= 0.3 is 0 Å². The predicted molar refractivity (Wildman–Crippen MR) is 80.6 cm³/mol. The normalized spacial score (nSPS) is 10.7. The van der Waals surface area contributed by atoms with Crippen molar-refractivity contribution >= 4 is 28.0 Å². The van der Waals surface area contributed by atoms with Crippen LogP contribution in [-0.2, 0) is 0 Å². The van der Waals surface area contributed by atoms with Gasteiger partial charge in [-0.05, 0) is 43.3 Å². The summed E-state index contributed by atoms with van der Waals surface area (Å²) < 4.78 is 5.66. The average molecular weight is 283 g/mol. The molecule has 0 aliphatic carbocycles. The zero-order valence-corrected chi connectivity index (χ0v) is 11.8. The van der Waals surface area contributed by atoms with Crippen LogP contribution in [0.2, 0.25) is 0 Å². The van der Waals surface area contributed by atoms with Gasteiger partial charge in [0.25, 0.3) is 0 Å². The Hall–Kier alpha value is -2.20. The van der Waals surface area contributed by atoms with E-state index in [9.17, 15) is 4.79 Å². The lowest BCUT2D eigenvalue weighted by atomic mass is 10.2. The van der Waals surface area contributed by atoms with Crippen molar-refractivity contribution in [2.24, 2.45) is 0 Å². The van der Waals surface area contributed by atoms with E-state index in [-0.39, 0.29) is 12.4 Å². The molecule has 0 fully saturated rings. The highest BCUT2D eigenvalue weighted by Gasteiger charge is 2.10. The number of nitrogens with zero attached hydrogens (tertiary/aromatic N) is 1. The summed E-state index contributed by atoms with van der Waals surface area (Å²) in [5.41, 5.74) is 0.865. The van der Waals surface area contributed by atoms with Crippen molar-refractivity contribution in [2.45, 2.75) is 6.92 Å². The topological polar surface area (TPSA) is 39.2 Å². The summed E-state index contributed by atoms with van der Waals surface area (Å²) in [6, 6.07) is 13.3. The summed E-state index contributed by atoms with van der Waals surface area (Å²) in [5, 5.41) is 0.921. The molecule has 100 valence electrons. The standard InChI is InChI=1S/C16H13NO2S/c1-11-7-8-16(20-11)14(18)10-19-15-6-2-5-13-12(15)4-3-9-17-13/h2-9H,10H2,1H3. The maximum absolute atomic E-state index is 12.0. The number of ether oxygens (including phenoxy) is 1. The van der Waals surface area contributed by atoms with Gasteiger partial charge in [-0.15, -0.1) is 11.3 Å². The van der Waals surface area contributed by atoms with E-state index in [0.29, 0.717) is 5.75 Å². The van der Waals surface area contributed by atoms with Gasteiger partial charge in [0, 0.05) is 16.5 Å². The van der Waals surface area contributed by atoms with E-state index in [1.165, 1.54) is 11.3 Å². The number of thiophene rings is 1. The van der Waals surface area contributed by atoms with Crippen LogP contribution in [0, 0.1) is 6.92 Å². The highest BCUT2D eigenvalue weighted by Crippen LogP contribution is 2.24. The number of fused-ring (bicyclic) bond motifs is 1. The number of aryl methyl sites for hydroxylation is 1. The zero-order chi connectivity index (χ0) is 13.9. The second-order valence-corrected chi connectivity index (χ2v) is 5.74. The monoisotopic (exact) mass is 283 g/mol. The molecule has 0 unspecified atom stereocenters. The third-order valence-corrected chi connectivity index (χ3v) is 4.02. The van der Waals surface area contributed by atoms with Gasteiger partial charge in [0.2, 0.25) is 5.78 Å². The fraction of sp³-hybridized carbons (Fsp3) is 0.125. The Morgan fingerprint density at radius 3 is 2.90 bits per heavy atom. The fourth-order valence-electron chi connectivity index (χ4n) is 2.00. The Labute approximate surface area is 120 Å². The van der Waals surface area contributed by atoms with E-state index < -0.39 is 0 Å². The number of Topliss-reactive ketones (excluding diaryl/α,β-unsaturated/α-hetero) is 1. The minimum absolute atomic E-state index is 0.00370. The minimum Gasteiger partial charge on any atom is -0.485 e. The van der Waals surface area contributed by atoms with E-state index in [1.807, 2.05) is 49.4 Å². The summed E-state index contributed by atoms with van der Waals surface area (Å²) in [5.74, 6) is 0.696. The minimum atomic E-state index is 0.00370. The Balaban J connectivity index is 1.79. The largest absolute Gasteiger partial charge is 0.485 e. The number of hydrogen-bond acceptors (Lipinski definition) is 4. The number of ketones is 1.